The van der Waals surface area contributed by atoms with Gasteiger partial charge in [0.2, 0.25) is 0 Å². The van der Waals surface area contributed by atoms with E-state index in [1.165, 1.54) is 7.11 Å². The first kappa shape index (κ1) is 14.1. The van der Waals surface area contributed by atoms with E-state index in [1.54, 1.807) is 12.1 Å². The summed E-state index contributed by atoms with van der Waals surface area (Å²) in [6.45, 7) is 2.82. The molecule has 0 aliphatic heterocycles. The van der Waals surface area contributed by atoms with Crippen LogP contribution in [0.1, 0.15) is 18.9 Å². The summed E-state index contributed by atoms with van der Waals surface area (Å²) in [6.07, 6.45) is 0.316. The van der Waals surface area contributed by atoms with Crippen LogP contribution >= 0.6 is 11.6 Å². The summed E-state index contributed by atoms with van der Waals surface area (Å²) in [5.74, 6) is 0.431. The summed E-state index contributed by atoms with van der Waals surface area (Å²) in [6, 6.07) is 3.23. The second-order valence-electron chi connectivity index (χ2n) is 3.81. The molecule has 0 aliphatic carbocycles. The summed E-state index contributed by atoms with van der Waals surface area (Å²) >= 11 is 5.90. The van der Waals surface area contributed by atoms with Crippen LogP contribution in [0.5, 0.6) is 11.5 Å². The fourth-order valence-corrected chi connectivity index (χ4v) is 1.67. The molecule has 0 spiro atoms. The van der Waals surface area contributed by atoms with E-state index in [0.29, 0.717) is 35.8 Å². The zero-order valence-corrected chi connectivity index (χ0v) is 10.8. The van der Waals surface area contributed by atoms with Gasteiger partial charge in [0.05, 0.1) is 13.2 Å². The number of nitrogens with one attached hydrogen (secondary N) is 1. The van der Waals surface area contributed by atoms with Gasteiger partial charge >= 0.3 is 0 Å². The molecule has 0 amide bonds. The number of halogens is 1. The third-order valence-corrected chi connectivity index (χ3v) is 2.72. The first-order chi connectivity index (χ1) is 8.08. The molecular weight excluding hydrogens is 242 g/mol. The summed E-state index contributed by atoms with van der Waals surface area (Å²) in [5.41, 5.74) is 0.651. The molecule has 17 heavy (non-hydrogen) atoms. The van der Waals surface area contributed by atoms with Gasteiger partial charge in [-0.3, -0.25) is 0 Å². The number of phenols is 1. The zero-order valence-electron chi connectivity index (χ0n) is 10.0. The highest BCUT2D eigenvalue weighted by Gasteiger charge is 2.10. The summed E-state index contributed by atoms with van der Waals surface area (Å²) in [7, 11) is 1.48. The van der Waals surface area contributed by atoms with Crippen molar-refractivity contribution in [2.24, 2.45) is 0 Å². The van der Waals surface area contributed by atoms with Crippen LogP contribution in [0, 0.1) is 0 Å². The summed E-state index contributed by atoms with van der Waals surface area (Å²) in [4.78, 5) is 0. The van der Waals surface area contributed by atoms with Crippen molar-refractivity contribution in [3.63, 3.8) is 0 Å². The molecule has 0 heterocycles. The van der Waals surface area contributed by atoms with Crippen molar-refractivity contribution in [3.05, 3.63) is 22.7 Å². The van der Waals surface area contributed by atoms with Crippen molar-refractivity contribution in [1.29, 1.82) is 0 Å². The molecule has 4 nitrogen and oxygen atoms in total. The van der Waals surface area contributed by atoms with Gasteiger partial charge in [0.15, 0.2) is 11.5 Å². The quantitative estimate of drug-likeness (QED) is 0.730. The minimum absolute atomic E-state index is 0.0791. The predicted octanol–water partition coefficient (Wildman–Crippen LogP) is 1.91. The van der Waals surface area contributed by atoms with Crippen LogP contribution < -0.4 is 10.1 Å². The van der Waals surface area contributed by atoms with Gasteiger partial charge in [-0.2, -0.15) is 0 Å². The van der Waals surface area contributed by atoms with Gasteiger partial charge < -0.3 is 20.3 Å². The van der Waals surface area contributed by atoms with Crippen LogP contribution in [-0.4, -0.2) is 30.0 Å². The first-order valence-corrected chi connectivity index (χ1v) is 5.90. The maximum Gasteiger partial charge on any atom is 0.162 e. The van der Waals surface area contributed by atoms with Crippen molar-refractivity contribution in [2.75, 3.05) is 13.7 Å². The highest BCUT2D eigenvalue weighted by atomic mass is 35.5. The van der Waals surface area contributed by atoms with Crippen molar-refractivity contribution >= 4 is 11.6 Å². The van der Waals surface area contributed by atoms with Crippen molar-refractivity contribution < 1.29 is 14.9 Å². The SMILES string of the molecule is CCC(O)CNCc1cc(Cl)cc(OC)c1O. The molecule has 96 valence electrons. The lowest BCUT2D eigenvalue weighted by atomic mass is 10.1. The highest BCUT2D eigenvalue weighted by Crippen LogP contribution is 2.33. The average molecular weight is 260 g/mol. The largest absolute Gasteiger partial charge is 0.504 e. The molecule has 5 heteroatoms. The lowest BCUT2D eigenvalue weighted by Crippen LogP contribution is -2.25. The molecule has 1 aromatic rings. The van der Waals surface area contributed by atoms with Gasteiger partial charge in [-0.1, -0.05) is 18.5 Å². The Morgan fingerprint density at radius 1 is 1.47 bits per heavy atom. The molecule has 0 saturated carbocycles. The molecule has 1 atom stereocenters. The number of rotatable bonds is 6. The number of hydrogen-bond donors (Lipinski definition) is 3. The molecule has 0 fully saturated rings. The second-order valence-corrected chi connectivity index (χ2v) is 4.25. The minimum Gasteiger partial charge on any atom is -0.504 e. The minimum atomic E-state index is -0.377. The van der Waals surface area contributed by atoms with E-state index in [0.717, 1.165) is 0 Å². The third kappa shape index (κ3) is 4.07. The van der Waals surface area contributed by atoms with E-state index in [-0.39, 0.29) is 11.9 Å². The summed E-state index contributed by atoms with van der Waals surface area (Å²) < 4.78 is 5.00. The van der Waals surface area contributed by atoms with Gasteiger partial charge in [0.25, 0.3) is 0 Å². The van der Waals surface area contributed by atoms with Crippen molar-refractivity contribution in [2.45, 2.75) is 26.0 Å². The molecule has 0 saturated heterocycles. The molecule has 0 aromatic heterocycles. The number of ether oxygens (including phenoxy) is 1. The maximum atomic E-state index is 9.85. The van der Waals surface area contributed by atoms with Gasteiger partial charge in [-0.25, -0.2) is 0 Å². The Morgan fingerprint density at radius 2 is 2.18 bits per heavy atom. The molecule has 0 aliphatic rings. The Balaban J connectivity index is 2.67. The number of aliphatic hydroxyl groups is 1. The van der Waals surface area contributed by atoms with Crippen LogP contribution in [0.15, 0.2) is 12.1 Å². The Kier molecular flexibility index (Phi) is 5.55. The Bertz CT molecular complexity index is 371. The average Bonchev–Trinajstić information content (AvgIpc) is 2.32. The first-order valence-electron chi connectivity index (χ1n) is 5.52. The topological polar surface area (TPSA) is 61.7 Å². The molecule has 3 N–H and O–H groups in total. The van der Waals surface area contributed by atoms with Crippen LogP contribution in [-0.2, 0) is 6.54 Å². The van der Waals surface area contributed by atoms with E-state index in [1.807, 2.05) is 6.92 Å². The third-order valence-electron chi connectivity index (χ3n) is 2.51. The van der Waals surface area contributed by atoms with Gasteiger partial charge in [0.1, 0.15) is 0 Å². The second kappa shape index (κ2) is 6.69. The number of hydrogen-bond acceptors (Lipinski definition) is 4. The number of aromatic hydroxyl groups is 1. The zero-order chi connectivity index (χ0) is 12.8. The molecule has 0 radical (unpaired) electrons. The highest BCUT2D eigenvalue weighted by molar-refractivity contribution is 6.30. The van der Waals surface area contributed by atoms with Crippen LogP contribution in [0.3, 0.4) is 0 Å². The Labute approximate surface area is 106 Å². The van der Waals surface area contributed by atoms with Gasteiger partial charge in [-0.15, -0.1) is 0 Å². The fraction of sp³-hybridized carbons (Fsp3) is 0.500. The molecular formula is C12H18ClNO3. The predicted molar refractivity (Wildman–Crippen MR) is 67.7 cm³/mol. The number of methoxy groups -OCH3 is 1. The van der Waals surface area contributed by atoms with Gasteiger partial charge in [0, 0.05) is 29.7 Å². The monoisotopic (exact) mass is 259 g/mol. The summed E-state index contributed by atoms with van der Waals surface area (Å²) in [5, 5.41) is 22.8. The maximum absolute atomic E-state index is 9.85. The van der Waals surface area contributed by atoms with Crippen molar-refractivity contribution in [3.8, 4) is 11.5 Å². The molecule has 1 aromatic carbocycles. The molecule has 1 rings (SSSR count). The Hall–Kier alpha value is -0.970. The lowest BCUT2D eigenvalue weighted by Gasteiger charge is -2.12. The van der Waals surface area contributed by atoms with E-state index < -0.39 is 0 Å². The fourth-order valence-electron chi connectivity index (χ4n) is 1.44. The smallest absolute Gasteiger partial charge is 0.162 e. The van der Waals surface area contributed by atoms with Crippen LogP contribution in [0.4, 0.5) is 0 Å². The van der Waals surface area contributed by atoms with E-state index in [2.05, 4.69) is 5.32 Å². The number of aliphatic hydroxyl groups excluding tert-OH is 1. The standard InChI is InChI=1S/C12H18ClNO3/c1-3-10(15)7-14-6-8-4-9(13)5-11(17-2)12(8)16/h4-5,10,14-16H,3,6-7H2,1-2H3. The number of benzene rings is 1. The van der Waals surface area contributed by atoms with E-state index in [9.17, 15) is 10.2 Å². The molecule has 0 bridgehead atoms. The van der Waals surface area contributed by atoms with E-state index >= 15 is 0 Å². The number of phenolic OH excluding ortho intramolecular Hbond substituents is 1. The lowest BCUT2D eigenvalue weighted by molar-refractivity contribution is 0.167. The van der Waals surface area contributed by atoms with Crippen molar-refractivity contribution in [1.82, 2.24) is 5.32 Å². The van der Waals surface area contributed by atoms with Gasteiger partial charge in [-0.05, 0) is 12.5 Å². The van der Waals surface area contributed by atoms with Crippen LogP contribution in [0.2, 0.25) is 5.02 Å². The Morgan fingerprint density at radius 3 is 2.76 bits per heavy atom. The van der Waals surface area contributed by atoms with E-state index in [4.69, 9.17) is 16.3 Å². The van der Waals surface area contributed by atoms with Crippen LogP contribution in [0.25, 0.3) is 0 Å². The normalized spacial score (nSPS) is 12.5. The molecule has 1 unspecified atom stereocenters.